The van der Waals surface area contributed by atoms with E-state index in [0.29, 0.717) is 0 Å². The number of hydrogen-bond donors (Lipinski definition) is 0. The van der Waals surface area contributed by atoms with Gasteiger partial charge in [0.05, 0.1) is 0 Å². The molecule has 0 nitrogen and oxygen atoms in total. The molecule has 0 aliphatic heterocycles. The van der Waals surface area contributed by atoms with Crippen LogP contribution in [0.1, 0.15) is 25.0 Å². The maximum Gasteiger partial charge on any atom is 0.0355 e. The van der Waals surface area contributed by atoms with Crippen LogP contribution in [0, 0.1) is 0 Å². The van der Waals surface area contributed by atoms with Crippen LogP contribution in [0.3, 0.4) is 0 Å². The second-order valence-electron chi connectivity index (χ2n) is 14.3. The lowest BCUT2D eigenvalue weighted by Crippen LogP contribution is -2.17. The SMILES string of the molecule is CC1(C)c2c(-c3c4ccccc4c(-c4ccc5sc6ccccc6c5c4)c4ccccc34)cccc2-c2c1c1ccccc1c1ccccc21. The molecule has 10 aromatic rings. The smallest absolute Gasteiger partial charge is 0.0355 e. The summed E-state index contributed by atoms with van der Waals surface area (Å²) >= 11 is 1.88. The topological polar surface area (TPSA) is 0 Å². The molecule has 1 aromatic heterocycles. The number of hydrogen-bond acceptors (Lipinski definition) is 1. The fraction of sp³-hybridized carbons (Fsp3) is 0.0612. The summed E-state index contributed by atoms with van der Waals surface area (Å²) in [6.07, 6.45) is 0. The van der Waals surface area contributed by atoms with Gasteiger partial charge in [-0.3, -0.25) is 0 Å². The van der Waals surface area contributed by atoms with Gasteiger partial charge in [-0.05, 0) is 106 Å². The average Bonchev–Trinajstić information content (AvgIpc) is 3.65. The van der Waals surface area contributed by atoms with Gasteiger partial charge in [0.25, 0.3) is 0 Å². The lowest BCUT2D eigenvalue weighted by Gasteiger charge is -2.27. The van der Waals surface area contributed by atoms with Gasteiger partial charge in [-0.25, -0.2) is 0 Å². The molecule has 0 spiro atoms. The summed E-state index contributed by atoms with van der Waals surface area (Å²) in [7, 11) is 0. The van der Waals surface area contributed by atoms with Crippen molar-refractivity contribution in [1.82, 2.24) is 0 Å². The van der Waals surface area contributed by atoms with Crippen molar-refractivity contribution in [2.75, 3.05) is 0 Å². The molecule has 0 saturated carbocycles. The Morgan fingerprint density at radius 3 is 1.44 bits per heavy atom. The molecule has 1 heterocycles. The molecule has 11 rings (SSSR count). The summed E-state index contributed by atoms with van der Waals surface area (Å²) in [5.74, 6) is 0. The van der Waals surface area contributed by atoms with Crippen LogP contribution in [-0.4, -0.2) is 0 Å². The van der Waals surface area contributed by atoms with Crippen LogP contribution in [-0.2, 0) is 5.41 Å². The van der Waals surface area contributed by atoms with E-state index in [1.54, 1.807) is 0 Å². The van der Waals surface area contributed by atoms with Gasteiger partial charge in [-0.2, -0.15) is 0 Å². The van der Waals surface area contributed by atoms with Gasteiger partial charge in [0.2, 0.25) is 0 Å². The van der Waals surface area contributed by atoms with Crippen molar-refractivity contribution in [3.8, 4) is 33.4 Å². The first-order valence-electron chi connectivity index (χ1n) is 17.5. The molecule has 0 N–H and O–H groups in total. The number of benzene rings is 9. The zero-order valence-corrected chi connectivity index (χ0v) is 28.7. The van der Waals surface area contributed by atoms with Crippen molar-refractivity contribution in [3.63, 3.8) is 0 Å². The average molecular weight is 653 g/mol. The predicted molar refractivity (Wildman–Crippen MR) is 218 cm³/mol. The molecule has 0 atom stereocenters. The first-order valence-corrected chi connectivity index (χ1v) is 18.3. The minimum Gasteiger partial charge on any atom is -0.135 e. The van der Waals surface area contributed by atoms with E-state index in [4.69, 9.17) is 0 Å². The van der Waals surface area contributed by atoms with Gasteiger partial charge < -0.3 is 0 Å². The Morgan fingerprint density at radius 1 is 0.340 bits per heavy atom. The van der Waals surface area contributed by atoms with Gasteiger partial charge in [-0.1, -0.05) is 153 Å². The molecule has 9 aromatic carbocycles. The van der Waals surface area contributed by atoms with E-state index in [0.717, 1.165) is 0 Å². The van der Waals surface area contributed by atoms with Crippen LogP contribution in [0.4, 0.5) is 0 Å². The highest BCUT2D eigenvalue weighted by molar-refractivity contribution is 7.25. The fourth-order valence-corrected chi connectivity index (χ4v) is 10.5. The Balaban J connectivity index is 1.25. The Bertz CT molecular complexity index is 3010. The van der Waals surface area contributed by atoms with Gasteiger partial charge >= 0.3 is 0 Å². The largest absolute Gasteiger partial charge is 0.135 e. The molecule has 234 valence electrons. The molecular formula is C49H32S. The van der Waals surface area contributed by atoms with Gasteiger partial charge in [0.1, 0.15) is 0 Å². The summed E-state index contributed by atoms with van der Waals surface area (Å²) in [5, 5.41) is 13.2. The fourth-order valence-electron chi connectivity index (χ4n) is 9.45. The zero-order valence-electron chi connectivity index (χ0n) is 27.9. The molecule has 0 unspecified atom stereocenters. The Morgan fingerprint density at radius 2 is 0.800 bits per heavy atom. The highest BCUT2D eigenvalue weighted by Crippen LogP contribution is 2.58. The van der Waals surface area contributed by atoms with Crippen molar-refractivity contribution in [1.29, 1.82) is 0 Å². The summed E-state index contributed by atoms with van der Waals surface area (Å²) in [4.78, 5) is 0. The highest BCUT2D eigenvalue weighted by atomic mass is 32.1. The molecule has 0 amide bonds. The normalized spacial score (nSPS) is 13.6. The lowest BCUT2D eigenvalue weighted by molar-refractivity contribution is 0.668. The Kier molecular flexibility index (Phi) is 5.70. The van der Waals surface area contributed by atoms with Crippen LogP contribution in [0.2, 0.25) is 0 Å². The quantitative estimate of drug-likeness (QED) is 0.129. The molecule has 0 bridgehead atoms. The van der Waals surface area contributed by atoms with Crippen molar-refractivity contribution < 1.29 is 0 Å². The second kappa shape index (κ2) is 10.1. The minimum absolute atomic E-state index is 0.211. The van der Waals surface area contributed by atoms with Crippen LogP contribution < -0.4 is 0 Å². The van der Waals surface area contributed by atoms with E-state index < -0.39 is 0 Å². The van der Waals surface area contributed by atoms with Crippen LogP contribution in [0.15, 0.2) is 158 Å². The third-order valence-corrected chi connectivity index (χ3v) is 12.5. The maximum absolute atomic E-state index is 2.45. The van der Waals surface area contributed by atoms with Gasteiger partial charge in [0, 0.05) is 25.6 Å². The van der Waals surface area contributed by atoms with Crippen molar-refractivity contribution in [2.45, 2.75) is 19.3 Å². The van der Waals surface area contributed by atoms with E-state index >= 15 is 0 Å². The Labute approximate surface area is 294 Å². The molecule has 1 heteroatoms. The summed E-state index contributed by atoms with van der Waals surface area (Å²) in [5.41, 5.74) is 10.6. The Hall–Kier alpha value is -5.76. The summed E-state index contributed by atoms with van der Waals surface area (Å²) in [6, 6.07) is 59.1. The molecule has 0 fully saturated rings. The molecule has 1 aliphatic carbocycles. The summed E-state index contributed by atoms with van der Waals surface area (Å²) in [6.45, 7) is 4.89. The monoisotopic (exact) mass is 652 g/mol. The van der Waals surface area contributed by atoms with Crippen LogP contribution in [0.25, 0.3) is 96.6 Å². The van der Waals surface area contributed by atoms with Crippen molar-refractivity contribution >= 4 is 74.6 Å². The third kappa shape index (κ3) is 3.65. The van der Waals surface area contributed by atoms with Gasteiger partial charge in [0.15, 0.2) is 0 Å². The van der Waals surface area contributed by atoms with E-state index in [-0.39, 0.29) is 5.41 Å². The van der Waals surface area contributed by atoms with E-state index in [9.17, 15) is 0 Å². The number of rotatable bonds is 2. The molecular weight excluding hydrogens is 621 g/mol. The van der Waals surface area contributed by atoms with E-state index in [1.807, 2.05) is 11.3 Å². The predicted octanol–water partition coefficient (Wildman–Crippen LogP) is 14.3. The molecule has 0 radical (unpaired) electrons. The lowest BCUT2D eigenvalue weighted by atomic mass is 9.75. The number of thiophene rings is 1. The van der Waals surface area contributed by atoms with E-state index in [2.05, 4.69) is 172 Å². The van der Waals surface area contributed by atoms with Crippen LogP contribution >= 0.6 is 11.3 Å². The first kappa shape index (κ1) is 28.1. The second-order valence-corrected chi connectivity index (χ2v) is 15.4. The minimum atomic E-state index is -0.211. The van der Waals surface area contributed by atoms with Crippen molar-refractivity contribution in [3.05, 3.63) is 169 Å². The zero-order chi connectivity index (χ0) is 33.1. The van der Waals surface area contributed by atoms with Crippen LogP contribution in [0.5, 0.6) is 0 Å². The van der Waals surface area contributed by atoms with Gasteiger partial charge in [-0.15, -0.1) is 11.3 Å². The molecule has 50 heavy (non-hydrogen) atoms. The number of fused-ring (bicyclic) bond motifs is 13. The van der Waals surface area contributed by atoms with Crippen molar-refractivity contribution in [2.24, 2.45) is 0 Å². The first-order chi connectivity index (χ1) is 24.6. The third-order valence-electron chi connectivity index (χ3n) is 11.4. The molecule has 0 saturated heterocycles. The molecule has 1 aliphatic rings. The highest BCUT2D eigenvalue weighted by Gasteiger charge is 2.40. The summed E-state index contributed by atoms with van der Waals surface area (Å²) < 4.78 is 2.67. The standard InChI is InChI=1S/C49H32S/c1-49(2)47-39(23-13-24-40(47)46-33-17-5-3-14-30(33)31-15-4-10-22-38(31)48(46)49)45-36-20-8-6-18-34(36)44(35-19-7-9-21-37(35)45)29-26-27-43-41(28-29)32-16-11-12-25-42(32)50-43/h3-28H,1-2H3. The maximum atomic E-state index is 2.45. The van der Waals surface area contributed by atoms with E-state index in [1.165, 1.54) is 108 Å².